The van der Waals surface area contributed by atoms with Gasteiger partial charge in [0.2, 0.25) is 15.9 Å². The van der Waals surface area contributed by atoms with Gasteiger partial charge in [-0.05, 0) is 39.2 Å². The lowest BCUT2D eigenvalue weighted by molar-refractivity contribution is -0.132. The van der Waals surface area contributed by atoms with Crippen LogP contribution in [0.5, 0.6) is 0 Å². The molecule has 2 aliphatic rings. The number of carbonyl (C=O) groups is 1. The van der Waals surface area contributed by atoms with Gasteiger partial charge >= 0.3 is 0 Å². The predicted molar refractivity (Wildman–Crippen MR) is 105 cm³/mol. The van der Waals surface area contributed by atoms with E-state index in [2.05, 4.69) is 28.4 Å². The van der Waals surface area contributed by atoms with Gasteiger partial charge in [0.25, 0.3) is 0 Å². The Labute approximate surface area is 159 Å². The molecular formula is C18H36N4O3S. The number of likely N-dealkylation sites (tertiary alicyclic amines) is 1. The molecule has 2 fully saturated rings. The normalized spacial score (nSPS) is 24.6. The summed E-state index contributed by atoms with van der Waals surface area (Å²) in [4.78, 5) is 18.3. The van der Waals surface area contributed by atoms with E-state index in [1.165, 1.54) is 0 Å². The van der Waals surface area contributed by atoms with E-state index < -0.39 is 10.0 Å². The fraction of sp³-hybridized carbons (Fsp3) is 0.944. The number of piperazine rings is 1. The molecular weight excluding hydrogens is 352 g/mol. The number of rotatable bonds is 8. The molecule has 26 heavy (non-hydrogen) atoms. The van der Waals surface area contributed by atoms with Crippen molar-refractivity contribution in [2.75, 3.05) is 51.6 Å². The molecule has 0 unspecified atom stereocenters. The standard InChI is InChI=1S/C18H36N4O3S/c1-4-20-10-12-21(13-11-20)16(2)15-19-26(24,25)14-8-18-7-5-6-9-22(18)17(3)23/h16,18-19H,4-15H2,1-3H3/t16-,18-/m0/s1. The summed E-state index contributed by atoms with van der Waals surface area (Å²) in [5, 5.41) is 0. The van der Waals surface area contributed by atoms with Crippen molar-refractivity contribution in [1.29, 1.82) is 0 Å². The highest BCUT2D eigenvalue weighted by atomic mass is 32.2. The minimum atomic E-state index is -3.30. The van der Waals surface area contributed by atoms with E-state index >= 15 is 0 Å². The Bertz CT molecular complexity index is 547. The van der Waals surface area contributed by atoms with Crippen LogP contribution in [0, 0.1) is 0 Å². The Hall–Kier alpha value is -0.700. The number of sulfonamides is 1. The third kappa shape index (κ3) is 6.48. The number of likely N-dealkylation sites (N-methyl/N-ethyl adjacent to an activating group) is 1. The molecule has 0 aliphatic carbocycles. The Morgan fingerprint density at radius 2 is 1.85 bits per heavy atom. The van der Waals surface area contributed by atoms with E-state index in [-0.39, 0.29) is 23.7 Å². The molecule has 2 aliphatic heterocycles. The molecule has 8 heteroatoms. The average molecular weight is 389 g/mol. The lowest BCUT2D eigenvalue weighted by Crippen LogP contribution is -2.52. The second-order valence-corrected chi connectivity index (χ2v) is 9.56. The smallest absolute Gasteiger partial charge is 0.219 e. The van der Waals surface area contributed by atoms with Crippen molar-refractivity contribution in [3.8, 4) is 0 Å². The number of hydrogen-bond acceptors (Lipinski definition) is 5. The molecule has 2 rings (SSSR count). The molecule has 0 saturated carbocycles. The first kappa shape index (κ1) is 21.6. The topological polar surface area (TPSA) is 73.0 Å². The second kappa shape index (κ2) is 10.0. The molecule has 0 radical (unpaired) electrons. The number of amides is 1. The third-order valence-electron chi connectivity index (χ3n) is 5.83. The van der Waals surface area contributed by atoms with Gasteiger partial charge in [-0.15, -0.1) is 0 Å². The van der Waals surface area contributed by atoms with Crippen molar-refractivity contribution >= 4 is 15.9 Å². The highest BCUT2D eigenvalue weighted by Crippen LogP contribution is 2.20. The van der Waals surface area contributed by atoms with Crippen molar-refractivity contribution in [2.45, 2.75) is 58.5 Å². The second-order valence-electron chi connectivity index (χ2n) is 7.64. The van der Waals surface area contributed by atoms with Gasteiger partial charge in [0.05, 0.1) is 5.75 Å². The molecule has 1 amide bonds. The summed E-state index contributed by atoms with van der Waals surface area (Å²) in [7, 11) is -3.30. The summed E-state index contributed by atoms with van der Waals surface area (Å²) in [5.41, 5.74) is 0. The highest BCUT2D eigenvalue weighted by Gasteiger charge is 2.26. The van der Waals surface area contributed by atoms with Crippen LogP contribution in [0.4, 0.5) is 0 Å². The summed E-state index contributed by atoms with van der Waals surface area (Å²) in [5.74, 6) is 0.150. The first-order valence-electron chi connectivity index (χ1n) is 10.0. The lowest BCUT2D eigenvalue weighted by Gasteiger charge is -2.37. The monoisotopic (exact) mass is 388 g/mol. The van der Waals surface area contributed by atoms with Crippen molar-refractivity contribution in [3.05, 3.63) is 0 Å². The van der Waals surface area contributed by atoms with Crippen LogP contribution < -0.4 is 4.72 Å². The summed E-state index contributed by atoms with van der Waals surface area (Å²) in [6, 6.07) is 0.268. The number of nitrogens with one attached hydrogen (secondary N) is 1. The van der Waals surface area contributed by atoms with E-state index in [0.717, 1.165) is 58.5 Å². The summed E-state index contributed by atoms with van der Waals surface area (Å²) in [6.07, 6.45) is 3.53. The predicted octanol–water partition coefficient (Wildman–Crippen LogP) is 0.723. The highest BCUT2D eigenvalue weighted by molar-refractivity contribution is 7.89. The molecule has 0 aromatic heterocycles. The zero-order valence-corrected chi connectivity index (χ0v) is 17.4. The Balaban J connectivity index is 1.75. The molecule has 0 bridgehead atoms. The van der Waals surface area contributed by atoms with Crippen molar-refractivity contribution < 1.29 is 13.2 Å². The van der Waals surface area contributed by atoms with Crippen molar-refractivity contribution in [2.24, 2.45) is 0 Å². The van der Waals surface area contributed by atoms with Gasteiger partial charge in [0.1, 0.15) is 0 Å². The van der Waals surface area contributed by atoms with Crippen LogP contribution in [0.1, 0.15) is 46.5 Å². The van der Waals surface area contributed by atoms with Gasteiger partial charge in [-0.2, -0.15) is 0 Å². The van der Waals surface area contributed by atoms with E-state index in [1.54, 1.807) is 6.92 Å². The number of nitrogens with zero attached hydrogens (tertiary/aromatic N) is 3. The maximum Gasteiger partial charge on any atom is 0.219 e. The average Bonchev–Trinajstić information content (AvgIpc) is 2.65. The SMILES string of the molecule is CCN1CCN([C@@H](C)CNS(=O)(=O)CC[C@@H]2CCCCN2C(C)=O)CC1. The fourth-order valence-corrected chi connectivity index (χ4v) is 5.20. The van der Waals surface area contributed by atoms with E-state index in [9.17, 15) is 13.2 Å². The maximum atomic E-state index is 12.4. The molecule has 0 aromatic carbocycles. The molecule has 0 aromatic rings. The Morgan fingerprint density at radius 1 is 1.15 bits per heavy atom. The Kier molecular flexibility index (Phi) is 8.32. The van der Waals surface area contributed by atoms with Gasteiger partial charge in [0, 0.05) is 58.3 Å². The largest absolute Gasteiger partial charge is 0.340 e. The minimum Gasteiger partial charge on any atom is -0.340 e. The maximum absolute atomic E-state index is 12.4. The zero-order chi connectivity index (χ0) is 19.2. The van der Waals surface area contributed by atoms with Gasteiger partial charge < -0.3 is 9.80 Å². The van der Waals surface area contributed by atoms with E-state index in [1.807, 2.05) is 4.90 Å². The quantitative estimate of drug-likeness (QED) is 0.663. The molecule has 152 valence electrons. The molecule has 2 saturated heterocycles. The third-order valence-corrected chi connectivity index (χ3v) is 7.21. The van der Waals surface area contributed by atoms with E-state index in [0.29, 0.717) is 13.0 Å². The first-order valence-corrected chi connectivity index (χ1v) is 11.7. The zero-order valence-electron chi connectivity index (χ0n) is 16.6. The number of carbonyl (C=O) groups excluding carboxylic acids is 1. The van der Waals surface area contributed by atoms with Crippen LogP contribution in [-0.4, -0.2) is 92.7 Å². The summed E-state index contributed by atoms with van der Waals surface area (Å²) >= 11 is 0. The van der Waals surface area contributed by atoms with Crippen LogP contribution >= 0.6 is 0 Å². The molecule has 2 atom stereocenters. The lowest BCUT2D eigenvalue weighted by atomic mass is 10.00. The molecule has 1 N–H and O–H groups in total. The van der Waals surface area contributed by atoms with Gasteiger partial charge in [-0.1, -0.05) is 6.92 Å². The van der Waals surface area contributed by atoms with Crippen LogP contribution in [-0.2, 0) is 14.8 Å². The molecule has 2 heterocycles. The van der Waals surface area contributed by atoms with Gasteiger partial charge in [-0.25, -0.2) is 13.1 Å². The van der Waals surface area contributed by atoms with Gasteiger partial charge in [-0.3, -0.25) is 9.69 Å². The van der Waals surface area contributed by atoms with Crippen molar-refractivity contribution in [3.63, 3.8) is 0 Å². The number of hydrogen-bond donors (Lipinski definition) is 1. The minimum absolute atomic E-state index is 0.0555. The Morgan fingerprint density at radius 3 is 2.46 bits per heavy atom. The van der Waals surface area contributed by atoms with Crippen LogP contribution in [0.25, 0.3) is 0 Å². The first-order chi connectivity index (χ1) is 12.3. The van der Waals surface area contributed by atoms with Crippen molar-refractivity contribution in [1.82, 2.24) is 19.4 Å². The fourth-order valence-electron chi connectivity index (χ4n) is 3.98. The van der Waals surface area contributed by atoms with E-state index in [4.69, 9.17) is 0 Å². The van der Waals surface area contributed by atoms with Crippen LogP contribution in [0.15, 0.2) is 0 Å². The molecule has 0 spiro atoms. The summed E-state index contributed by atoms with van der Waals surface area (Å²) < 4.78 is 27.6. The number of piperidine rings is 1. The summed E-state index contributed by atoms with van der Waals surface area (Å²) in [6.45, 7) is 12.2. The van der Waals surface area contributed by atoms with Crippen LogP contribution in [0.2, 0.25) is 0 Å². The van der Waals surface area contributed by atoms with Gasteiger partial charge in [0.15, 0.2) is 0 Å². The molecule has 7 nitrogen and oxygen atoms in total. The van der Waals surface area contributed by atoms with Crippen LogP contribution in [0.3, 0.4) is 0 Å².